The van der Waals surface area contributed by atoms with Crippen LogP contribution in [0.2, 0.25) is 10.0 Å². The molecule has 0 atom stereocenters. The number of para-hydroxylation sites is 1. The van der Waals surface area contributed by atoms with Crippen LogP contribution in [-0.4, -0.2) is 17.8 Å². The maximum Gasteiger partial charge on any atom is 0.335 e. The first kappa shape index (κ1) is 23.0. The highest BCUT2D eigenvalue weighted by atomic mass is 79.9. The molecule has 1 saturated heterocycles. The number of imide groups is 2. The van der Waals surface area contributed by atoms with E-state index in [1.54, 1.807) is 48.5 Å². The molecular formula is C24H15BrCl2N2O4. The van der Waals surface area contributed by atoms with Gasteiger partial charge >= 0.3 is 6.03 Å². The van der Waals surface area contributed by atoms with E-state index in [0.717, 1.165) is 10.5 Å². The normalized spacial score (nSPS) is 15.1. The third kappa shape index (κ3) is 5.11. The van der Waals surface area contributed by atoms with Gasteiger partial charge in [0.1, 0.15) is 17.9 Å². The summed E-state index contributed by atoms with van der Waals surface area (Å²) in [6.45, 7) is 0.225. The number of benzene rings is 3. The highest BCUT2D eigenvalue weighted by Gasteiger charge is 2.37. The molecule has 9 heteroatoms. The number of hydrogen-bond acceptors (Lipinski definition) is 4. The van der Waals surface area contributed by atoms with E-state index in [2.05, 4.69) is 21.2 Å². The van der Waals surface area contributed by atoms with Gasteiger partial charge in [0.25, 0.3) is 11.8 Å². The van der Waals surface area contributed by atoms with E-state index >= 15 is 0 Å². The van der Waals surface area contributed by atoms with E-state index in [1.807, 2.05) is 12.1 Å². The quantitative estimate of drug-likeness (QED) is 0.315. The van der Waals surface area contributed by atoms with Crippen molar-refractivity contribution in [3.8, 4) is 5.75 Å². The highest BCUT2D eigenvalue weighted by molar-refractivity contribution is 9.10. The molecule has 0 bridgehead atoms. The van der Waals surface area contributed by atoms with Gasteiger partial charge in [0.05, 0.1) is 10.7 Å². The second-order valence-electron chi connectivity index (χ2n) is 7.01. The van der Waals surface area contributed by atoms with Crippen molar-refractivity contribution in [2.45, 2.75) is 6.61 Å². The number of rotatable bonds is 5. The Morgan fingerprint density at radius 3 is 2.52 bits per heavy atom. The van der Waals surface area contributed by atoms with Crippen LogP contribution in [0.15, 0.2) is 76.8 Å². The average Bonchev–Trinajstić information content (AvgIpc) is 2.77. The van der Waals surface area contributed by atoms with Crippen LogP contribution in [0.3, 0.4) is 0 Å². The number of nitrogens with one attached hydrogen (secondary N) is 1. The first-order valence-electron chi connectivity index (χ1n) is 9.66. The Morgan fingerprint density at radius 2 is 1.76 bits per heavy atom. The summed E-state index contributed by atoms with van der Waals surface area (Å²) in [6.07, 6.45) is 1.38. The van der Waals surface area contributed by atoms with Crippen molar-refractivity contribution in [1.82, 2.24) is 5.32 Å². The second-order valence-corrected chi connectivity index (χ2v) is 8.77. The number of anilines is 1. The number of ether oxygens (including phenoxy) is 1. The molecule has 0 saturated carbocycles. The SMILES string of the molecule is O=C1NC(=O)N(c2ccccc2Cl)C(=O)/C1=C/c1cc(Br)ccc1OCc1cccc(Cl)c1. The van der Waals surface area contributed by atoms with Gasteiger partial charge in [0, 0.05) is 15.1 Å². The predicted molar refractivity (Wildman–Crippen MR) is 130 cm³/mol. The molecule has 1 aliphatic rings. The molecule has 166 valence electrons. The van der Waals surface area contributed by atoms with Crippen LogP contribution >= 0.6 is 39.1 Å². The maximum absolute atomic E-state index is 13.2. The molecule has 0 radical (unpaired) electrons. The fraction of sp³-hybridized carbons (Fsp3) is 0.0417. The summed E-state index contributed by atoms with van der Waals surface area (Å²) in [5, 5.41) is 2.97. The number of amides is 4. The smallest absolute Gasteiger partial charge is 0.335 e. The molecule has 1 fully saturated rings. The third-order valence-corrected chi connectivity index (χ3v) is 5.80. The maximum atomic E-state index is 13.2. The molecule has 33 heavy (non-hydrogen) atoms. The lowest BCUT2D eigenvalue weighted by atomic mass is 10.1. The van der Waals surface area contributed by atoms with Crippen LogP contribution in [0, 0.1) is 0 Å². The lowest BCUT2D eigenvalue weighted by Crippen LogP contribution is -2.54. The van der Waals surface area contributed by atoms with E-state index < -0.39 is 17.8 Å². The summed E-state index contributed by atoms with van der Waals surface area (Å²) in [5.74, 6) is -1.17. The summed E-state index contributed by atoms with van der Waals surface area (Å²) in [7, 11) is 0. The van der Waals surface area contributed by atoms with Gasteiger partial charge in [-0.1, -0.05) is 63.4 Å². The number of hydrogen-bond donors (Lipinski definition) is 1. The Balaban J connectivity index is 1.69. The largest absolute Gasteiger partial charge is 0.488 e. The summed E-state index contributed by atoms with van der Waals surface area (Å²) in [4.78, 5) is 39.0. The van der Waals surface area contributed by atoms with Gasteiger partial charge in [-0.3, -0.25) is 14.9 Å². The molecule has 0 aliphatic carbocycles. The molecule has 1 heterocycles. The summed E-state index contributed by atoms with van der Waals surface area (Å²) in [6, 6.07) is 17.9. The zero-order valence-electron chi connectivity index (χ0n) is 16.8. The first-order valence-corrected chi connectivity index (χ1v) is 11.2. The number of carbonyl (C=O) groups excluding carboxylic acids is 3. The van der Waals surface area contributed by atoms with Gasteiger partial charge in [-0.15, -0.1) is 0 Å². The molecule has 4 rings (SSSR count). The van der Waals surface area contributed by atoms with Gasteiger partial charge in [0.2, 0.25) is 0 Å². The molecule has 6 nitrogen and oxygen atoms in total. The molecule has 0 aromatic heterocycles. The standard InChI is InChI=1S/C24H15BrCl2N2O4/c25-16-8-9-21(33-13-14-4-3-5-17(26)10-14)15(11-16)12-18-22(30)28-24(32)29(23(18)31)20-7-2-1-6-19(20)27/h1-12H,13H2,(H,28,30,32)/b18-12+. The van der Waals surface area contributed by atoms with Crippen molar-refractivity contribution in [1.29, 1.82) is 0 Å². The average molecular weight is 546 g/mol. The topological polar surface area (TPSA) is 75.7 Å². The molecular weight excluding hydrogens is 531 g/mol. The fourth-order valence-electron chi connectivity index (χ4n) is 3.22. The molecule has 1 N–H and O–H groups in total. The predicted octanol–water partition coefficient (Wildman–Crippen LogP) is 6.00. The number of urea groups is 1. The van der Waals surface area contributed by atoms with Gasteiger partial charge in [-0.05, 0) is 54.1 Å². The van der Waals surface area contributed by atoms with Crippen LogP contribution in [0.1, 0.15) is 11.1 Å². The Kier molecular flexibility index (Phi) is 6.83. The first-order chi connectivity index (χ1) is 15.8. The van der Waals surface area contributed by atoms with Crippen LogP contribution in [0.5, 0.6) is 5.75 Å². The molecule has 1 aliphatic heterocycles. The zero-order chi connectivity index (χ0) is 23.5. The second kappa shape index (κ2) is 9.79. The van der Waals surface area contributed by atoms with Crippen LogP contribution in [0.4, 0.5) is 10.5 Å². The van der Waals surface area contributed by atoms with Crippen molar-refractivity contribution in [3.63, 3.8) is 0 Å². The van der Waals surface area contributed by atoms with Crippen molar-refractivity contribution < 1.29 is 19.1 Å². The fourth-order valence-corrected chi connectivity index (χ4v) is 4.03. The lowest BCUT2D eigenvalue weighted by molar-refractivity contribution is -0.122. The van der Waals surface area contributed by atoms with Crippen LogP contribution in [-0.2, 0) is 16.2 Å². The Morgan fingerprint density at radius 1 is 0.970 bits per heavy atom. The monoisotopic (exact) mass is 544 g/mol. The lowest BCUT2D eigenvalue weighted by Gasteiger charge is -2.27. The Hall–Kier alpha value is -3.13. The molecule has 3 aromatic rings. The summed E-state index contributed by atoms with van der Waals surface area (Å²) < 4.78 is 6.64. The molecule has 0 spiro atoms. The van der Waals surface area contributed by atoms with E-state index in [4.69, 9.17) is 27.9 Å². The minimum atomic E-state index is -0.873. The van der Waals surface area contributed by atoms with Crippen molar-refractivity contribution in [3.05, 3.63) is 97.9 Å². The minimum absolute atomic E-state index is 0.173. The van der Waals surface area contributed by atoms with Gasteiger partial charge < -0.3 is 4.74 Å². The number of barbiturate groups is 1. The Bertz CT molecular complexity index is 1310. The third-order valence-electron chi connectivity index (χ3n) is 4.75. The number of halogens is 3. The van der Waals surface area contributed by atoms with E-state index in [9.17, 15) is 14.4 Å². The summed E-state index contributed by atoms with van der Waals surface area (Å²) >= 11 is 15.6. The zero-order valence-corrected chi connectivity index (χ0v) is 19.9. The van der Waals surface area contributed by atoms with Crippen molar-refractivity contribution >= 4 is 68.7 Å². The van der Waals surface area contributed by atoms with Crippen LogP contribution < -0.4 is 15.0 Å². The van der Waals surface area contributed by atoms with E-state index in [1.165, 1.54) is 12.1 Å². The van der Waals surface area contributed by atoms with Crippen LogP contribution in [0.25, 0.3) is 6.08 Å². The van der Waals surface area contributed by atoms with Gasteiger partial charge in [0.15, 0.2) is 0 Å². The number of carbonyl (C=O) groups is 3. The van der Waals surface area contributed by atoms with Gasteiger partial charge in [-0.2, -0.15) is 0 Å². The van der Waals surface area contributed by atoms with Crippen molar-refractivity contribution in [2.24, 2.45) is 0 Å². The van der Waals surface area contributed by atoms with Crippen molar-refractivity contribution in [2.75, 3.05) is 4.90 Å². The van der Waals surface area contributed by atoms with Gasteiger partial charge in [-0.25, -0.2) is 9.69 Å². The van der Waals surface area contributed by atoms with E-state index in [0.29, 0.717) is 20.8 Å². The highest BCUT2D eigenvalue weighted by Crippen LogP contribution is 2.31. The molecule has 3 aromatic carbocycles. The molecule has 4 amide bonds. The Labute approximate surface area is 207 Å². The molecule has 0 unspecified atom stereocenters. The summed E-state index contributed by atoms with van der Waals surface area (Å²) in [5.41, 5.74) is 1.26. The van der Waals surface area contributed by atoms with E-state index in [-0.39, 0.29) is 22.9 Å². The number of nitrogens with zero attached hydrogens (tertiary/aromatic N) is 1. The minimum Gasteiger partial charge on any atom is -0.488 e.